The molecule has 8 heteroatoms. The summed E-state index contributed by atoms with van der Waals surface area (Å²) in [4.78, 5) is 16.1. The molecule has 0 spiro atoms. The van der Waals surface area contributed by atoms with Crippen LogP contribution < -0.4 is 18.9 Å². The van der Waals surface area contributed by atoms with Crippen LogP contribution in [-0.4, -0.2) is 44.5 Å². The third-order valence-electron chi connectivity index (χ3n) is 7.15. The maximum atomic E-state index is 11.6. The lowest BCUT2D eigenvalue weighted by atomic mass is 9.95. The van der Waals surface area contributed by atoms with Gasteiger partial charge in [-0.3, -0.25) is 4.79 Å². The summed E-state index contributed by atoms with van der Waals surface area (Å²) in [6, 6.07) is 8.25. The second kappa shape index (κ2) is 14.9. The maximum Gasteiger partial charge on any atom is 0.305 e. The van der Waals surface area contributed by atoms with Crippen molar-refractivity contribution in [2.45, 2.75) is 77.7 Å². The minimum Gasteiger partial charge on any atom is -0.496 e. The van der Waals surface area contributed by atoms with Crippen molar-refractivity contribution >= 4 is 17.3 Å². The minimum atomic E-state index is -0.196. The van der Waals surface area contributed by atoms with Crippen molar-refractivity contribution in [1.82, 2.24) is 4.98 Å². The van der Waals surface area contributed by atoms with Gasteiger partial charge < -0.3 is 23.7 Å². The number of methoxy groups -OCH3 is 2. The number of hydrogen-bond donors (Lipinski definition) is 0. The Labute approximate surface area is 241 Å². The lowest BCUT2D eigenvalue weighted by molar-refractivity contribution is -0.141. The van der Waals surface area contributed by atoms with E-state index in [1.165, 1.54) is 12.7 Å². The highest BCUT2D eigenvalue weighted by atomic mass is 32.1. The number of fused-ring (bicyclic) bond motifs is 1. The zero-order valence-electron chi connectivity index (χ0n) is 24.1. The molecule has 0 bridgehead atoms. The molecule has 0 saturated carbocycles. The molecule has 0 aliphatic carbocycles. The molecule has 7 nitrogen and oxygen atoms in total. The van der Waals surface area contributed by atoms with Crippen molar-refractivity contribution < 1.29 is 28.5 Å². The van der Waals surface area contributed by atoms with Crippen LogP contribution in [0.1, 0.15) is 69.1 Å². The van der Waals surface area contributed by atoms with Gasteiger partial charge in [-0.15, -0.1) is 11.3 Å². The Bertz CT molecular complexity index is 1240. The van der Waals surface area contributed by atoms with Gasteiger partial charge in [0, 0.05) is 34.9 Å². The summed E-state index contributed by atoms with van der Waals surface area (Å²) in [6.45, 7) is 5.40. The molecule has 0 N–H and O–H groups in total. The van der Waals surface area contributed by atoms with Gasteiger partial charge in [-0.2, -0.15) is 0 Å². The molecular formula is C32H41NO6S. The van der Waals surface area contributed by atoms with E-state index in [1.807, 2.05) is 23.0 Å². The first kappa shape index (κ1) is 29.7. The fraction of sp³-hybridized carbons (Fsp3) is 0.500. The number of aryl methyl sites for hydroxylation is 1. The average Bonchev–Trinajstić information content (AvgIpc) is 3.52. The fourth-order valence-electron chi connectivity index (χ4n) is 5.19. The molecule has 1 atom stereocenters. The molecule has 216 valence electrons. The Kier molecular flexibility index (Phi) is 11.1. The number of esters is 1. The third-order valence-corrected chi connectivity index (χ3v) is 7.74. The molecular weight excluding hydrogens is 526 g/mol. The van der Waals surface area contributed by atoms with Crippen molar-refractivity contribution in [2.24, 2.45) is 0 Å². The number of carbonyl (C=O) groups excluding carboxylic acids is 1. The maximum absolute atomic E-state index is 11.6. The summed E-state index contributed by atoms with van der Waals surface area (Å²) < 4.78 is 29.5. The lowest BCUT2D eigenvalue weighted by Crippen LogP contribution is -2.25. The van der Waals surface area contributed by atoms with Crippen LogP contribution in [-0.2, 0) is 28.8 Å². The van der Waals surface area contributed by atoms with Crippen LogP contribution in [0.2, 0.25) is 0 Å². The summed E-state index contributed by atoms with van der Waals surface area (Å²) in [5, 5.41) is 2.03. The van der Waals surface area contributed by atoms with Gasteiger partial charge in [0.15, 0.2) is 0 Å². The van der Waals surface area contributed by atoms with Gasteiger partial charge in [0.05, 0.1) is 44.7 Å². The van der Waals surface area contributed by atoms with Crippen LogP contribution >= 0.6 is 11.3 Å². The van der Waals surface area contributed by atoms with E-state index in [0.29, 0.717) is 26.1 Å². The van der Waals surface area contributed by atoms with Crippen LogP contribution in [0.5, 0.6) is 23.0 Å². The fourth-order valence-corrected chi connectivity index (χ4v) is 5.74. The molecule has 0 fully saturated rings. The quantitative estimate of drug-likeness (QED) is 0.142. The number of ether oxygens (including phenoxy) is 5. The van der Waals surface area contributed by atoms with Gasteiger partial charge in [-0.05, 0) is 55.9 Å². The summed E-state index contributed by atoms with van der Waals surface area (Å²) in [6.07, 6.45) is 7.36. The molecule has 40 heavy (non-hydrogen) atoms. The van der Waals surface area contributed by atoms with Gasteiger partial charge in [-0.25, -0.2) is 4.98 Å². The predicted octanol–water partition coefficient (Wildman–Crippen LogP) is 7.22. The zero-order valence-corrected chi connectivity index (χ0v) is 24.9. The molecule has 1 aliphatic rings. The van der Waals surface area contributed by atoms with E-state index in [2.05, 4.69) is 31.0 Å². The third kappa shape index (κ3) is 7.27. The number of nitrogens with zero attached hydrogens (tertiary/aromatic N) is 1. The molecule has 3 aromatic rings. The normalized spacial score (nSPS) is 14.2. The second-order valence-corrected chi connectivity index (χ2v) is 10.7. The van der Waals surface area contributed by atoms with Crippen LogP contribution in [0.3, 0.4) is 0 Å². The van der Waals surface area contributed by atoms with Crippen molar-refractivity contribution in [3.05, 3.63) is 51.8 Å². The number of rotatable bonds is 15. The topological polar surface area (TPSA) is 76.1 Å². The number of benzene rings is 2. The van der Waals surface area contributed by atoms with Crippen LogP contribution in [0.25, 0.3) is 11.3 Å². The van der Waals surface area contributed by atoms with Crippen molar-refractivity contribution in [3.8, 4) is 34.3 Å². The molecule has 2 aromatic carbocycles. The molecule has 0 radical (unpaired) electrons. The standard InChI is InChI=1S/C32H41NO6S/c1-5-8-25-28(15-11-22-10-12-23(39-31(22)25)13-17-30(34)35-3)37-18-7-19-38-29-16-14-24(27-20-40-21-33-27)32(36-4)26(29)9-6-2/h11,14-16,20-21,23H,5-10,12-13,17-19H2,1-4H3. The van der Waals surface area contributed by atoms with Crippen molar-refractivity contribution in [1.29, 1.82) is 0 Å². The summed E-state index contributed by atoms with van der Waals surface area (Å²) in [5.41, 5.74) is 7.17. The van der Waals surface area contributed by atoms with Crippen LogP contribution in [0.4, 0.5) is 0 Å². The zero-order chi connectivity index (χ0) is 28.3. The van der Waals surface area contributed by atoms with E-state index in [9.17, 15) is 4.79 Å². The van der Waals surface area contributed by atoms with E-state index in [1.54, 1.807) is 18.4 Å². The molecule has 2 heterocycles. The predicted molar refractivity (Wildman–Crippen MR) is 158 cm³/mol. The van der Waals surface area contributed by atoms with Gasteiger partial charge >= 0.3 is 5.97 Å². The van der Waals surface area contributed by atoms with Gasteiger partial charge in [0.25, 0.3) is 0 Å². The highest BCUT2D eigenvalue weighted by Crippen LogP contribution is 2.40. The molecule has 1 unspecified atom stereocenters. The number of thiazole rings is 1. The average molecular weight is 568 g/mol. The Hall–Kier alpha value is -3.26. The van der Waals surface area contributed by atoms with Crippen molar-refractivity contribution in [3.63, 3.8) is 0 Å². The Morgan fingerprint density at radius 3 is 2.42 bits per heavy atom. The monoisotopic (exact) mass is 567 g/mol. The van der Waals surface area contributed by atoms with E-state index >= 15 is 0 Å². The first-order valence-electron chi connectivity index (χ1n) is 14.3. The largest absolute Gasteiger partial charge is 0.496 e. The van der Waals surface area contributed by atoms with Gasteiger partial charge in [0.2, 0.25) is 0 Å². The summed E-state index contributed by atoms with van der Waals surface area (Å²) in [7, 11) is 3.13. The highest BCUT2D eigenvalue weighted by Gasteiger charge is 2.25. The van der Waals surface area contributed by atoms with Gasteiger partial charge in [0.1, 0.15) is 23.0 Å². The van der Waals surface area contributed by atoms with E-state index in [0.717, 1.165) is 90.3 Å². The van der Waals surface area contributed by atoms with Crippen LogP contribution in [0.15, 0.2) is 35.2 Å². The first-order chi connectivity index (χ1) is 19.6. The van der Waals surface area contributed by atoms with Crippen LogP contribution in [0, 0.1) is 0 Å². The number of aromatic nitrogens is 1. The summed E-state index contributed by atoms with van der Waals surface area (Å²) >= 11 is 1.57. The number of carbonyl (C=O) groups is 1. The molecule has 0 amide bonds. The minimum absolute atomic E-state index is 0.0158. The first-order valence-corrected chi connectivity index (χ1v) is 15.3. The molecule has 1 aliphatic heterocycles. The molecule has 1 aromatic heterocycles. The molecule has 0 saturated heterocycles. The highest BCUT2D eigenvalue weighted by molar-refractivity contribution is 7.07. The Morgan fingerprint density at radius 1 is 1.02 bits per heavy atom. The Morgan fingerprint density at radius 2 is 1.75 bits per heavy atom. The Balaban J connectivity index is 1.38. The van der Waals surface area contributed by atoms with Crippen molar-refractivity contribution in [2.75, 3.05) is 27.4 Å². The van der Waals surface area contributed by atoms with E-state index < -0.39 is 0 Å². The molecule has 4 rings (SSSR count). The SMILES string of the molecule is CCCc1c(OCCCOc2ccc(-c3cscn3)c(OC)c2CCC)ccc2c1OC(CCC(=O)OC)CC2. The smallest absolute Gasteiger partial charge is 0.305 e. The van der Waals surface area contributed by atoms with E-state index in [-0.39, 0.29) is 12.1 Å². The summed E-state index contributed by atoms with van der Waals surface area (Å²) in [5.74, 6) is 3.30. The second-order valence-electron chi connectivity index (χ2n) is 9.97. The number of hydrogen-bond acceptors (Lipinski definition) is 8. The lowest BCUT2D eigenvalue weighted by Gasteiger charge is -2.29. The van der Waals surface area contributed by atoms with Gasteiger partial charge in [-0.1, -0.05) is 32.8 Å². The van der Waals surface area contributed by atoms with E-state index in [4.69, 9.17) is 23.7 Å².